The molecule has 1 saturated heterocycles. The summed E-state index contributed by atoms with van der Waals surface area (Å²) in [7, 11) is 0. The number of aromatic amines is 1. The lowest BCUT2D eigenvalue weighted by Gasteiger charge is -2.40. The molecule has 6 rings (SSSR count). The van der Waals surface area contributed by atoms with E-state index < -0.39 is 17.3 Å². The zero-order valence-electron chi connectivity index (χ0n) is 21.1. The molecule has 39 heavy (non-hydrogen) atoms. The number of H-pyrrole nitrogens is 1. The van der Waals surface area contributed by atoms with Crippen LogP contribution in [-0.4, -0.2) is 47.4 Å². The van der Waals surface area contributed by atoms with Crippen LogP contribution in [0.3, 0.4) is 0 Å². The Kier molecular flexibility index (Phi) is 6.68. The first-order valence-corrected chi connectivity index (χ1v) is 13.5. The van der Waals surface area contributed by atoms with Crippen molar-refractivity contribution in [2.75, 3.05) is 31.6 Å². The third-order valence-corrected chi connectivity index (χ3v) is 8.19. The highest BCUT2D eigenvalue weighted by Gasteiger charge is 2.31. The van der Waals surface area contributed by atoms with Crippen LogP contribution in [0.2, 0.25) is 0 Å². The van der Waals surface area contributed by atoms with Crippen molar-refractivity contribution in [3.05, 3.63) is 72.2 Å². The first-order chi connectivity index (χ1) is 18.8. The number of likely N-dealkylation sites (tertiary alicyclic amines) is 1. The molecule has 3 heterocycles. The second-order valence-corrected chi connectivity index (χ2v) is 10.9. The first kappa shape index (κ1) is 25.6. The molecule has 0 radical (unpaired) electrons. The fourth-order valence-corrected chi connectivity index (χ4v) is 6.29. The second kappa shape index (κ2) is 10.2. The Morgan fingerprint density at radius 3 is 2.64 bits per heavy atom. The summed E-state index contributed by atoms with van der Waals surface area (Å²) in [6.07, 6.45) is 2.25. The van der Waals surface area contributed by atoms with E-state index in [0.29, 0.717) is 28.8 Å². The van der Waals surface area contributed by atoms with Gasteiger partial charge in [-0.1, -0.05) is 6.07 Å². The quantitative estimate of drug-likeness (QED) is 0.182. The predicted molar refractivity (Wildman–Crippen MR) is 147 cm³/mol. The Labute approximate surface area is 226 Å². The lowest BCUT2D eigenvalue weighted by molar-refractivity contribution is 0.0178. The normalized spacial score (nSPS) is 14.7. The molecule has 0 spiro atoms. The van der Waals surface area contributed by atoms with Gasteiger partial charge in [-0.25, -0.2) is 13.2 Å². The SMILES string of the molecule is CC(F)(F)c1cc(F)ccc1-c1sc2c(ccc3[nH]ncc32)c1Oc1ccc(NC2CN(CCCF)C2)cc1. The van der Waals surface area contributed by atoms with Crippen LogP contribution in [0.25, 0.3) is 31.4 Å². The van der Waals surface area contributed by atoms with E-state index in [1.807, 2.05) is 36.4 Å². The van der Waals surface area contributed by atoms with Crippen molar-refractivity contribution < 1.29 is 22.3 Å². The van der Waals surface area contributed by atoms with Crippen molar-refractivity contribution in [1.29, 1.82) is 0 Å². The van der Waals surface area contributed by atoms with Gasteiger partial charge in [0.1, 0.15) is 11.6 Å². The van der Waals surface area contributed by atoms with E-state index in [2.05, 4.69) is 20.4 Å². The molecule has 2 aromatic heterocycles. The number of anilines is 1. The molecular weight excluding hydrogens is 528 g/mol. The number of nitrogens with zero attached hydrogens (tertiary/aromatic N) is 2. The minimum absolute atomic E-state index is 0.220. The maximum absolute atomic E-state index is 14.6. The van der Waals surface area contributed by atoms with Gasteiger partial charge in [0.05, 0.1) is 29.3 Å². The second-order valence-electron chi connectivity index (χ2n) is 9.88. The summed E-state index contributed by atoms with van der Waals surface area (Å²) in [6, 6.07) is 15.0. The number of alkyl halides is 3. The van der Waals surface area contributed by atoms with Crippen LogP contribution in [0.15, 0.2) is 60.8 Å². The van der Waals surface area contributed by atoms with Gasteiger partial charge in [0.25, 0.3) is 5.92 Å². The molecule has 10 heteroatoms. The monoisotopic (exact) mass is 554 g/mol. The Bertz CT molecular complexity index is 1620. The standard InChI is InChI=1S/C29H26F4N4OS/c1-29(32,33)24-13-17(31)3-8-21(24)28-26(22-9-10-25-23(14-34-36-25)27(22)39-28)38-20-6-4-18(5-7-20)35-19-15-37(16-19)12-2-11-30/h3-10,13-14,19,35H,2,11-12,15-16H2,1H3,(H,34,36). The van der Waals surface area contributed by atoms with Gasteiger partial charge >= 0.3 is 0 Å². The number of hydrogen-bond acceptors (Lipinski definition) is 5. The number of rotatable bonds is 9. The van der Waals surface area contributed by atoms with E-state index in [1.54, 1.807) is 6.20 Å². The number of hydrogen-bond donors (Lipinski definition) is 2. The Balaban J connectivity index is 1.34. The van der Waals surface area contributed by atoms with Crippen LogP contribution in [0.5, 0.6) is 11.5 Å². The van der Waals surface area contributed by atoms with Gasteiger partial charge in [-0.05, 0) is 55.0 Å². The Morgan fingerprint density at radius 2 is 1.90 bits per heavy atom. The van der Waals surface area contributed by atoms with Gasteiger partial charge in [0.2, 0.25) is 0 Å². The highest BCUT2D eigenvalue weighted by atomic mass is 32.1. The Morgan fingerprint density at radius 1 is 1.10 bits per heavy atom. The molecule has 1 fully saturated rings. The largest absolute Gasteiger partial charge is 0.455 e. The molecule has 0 amide bonds. The van der Waals surface area contributed by atoms with Crippen LogP contribution < -0.4 is 10.1 Å². The van der Waals surface area contributed by atoms with E-state index in [4.69, 9.17) is 4.74 Å². The van der Waals surface area contributed by atoms with Crippen molar-refractivity contribution in [2.24, 2.45) is 0 Å². The van der Waals surface area contributed by atoms with Crippen LogP contribution in [-0.2, 0) is 5.92 Å². The molecule has 0 aliphatic carbocycles. The third kappa shape index (κ3) is 5.06. The highest BCUT2D eigenvalue weighted by molar-refractivity contribution is 7.23. The van der Waals surface area contributed by atoms with Gasteiger partial charge in [0.15, 0.2) is 5.75 Å². The molecule has 1 aliphatic heterocycles. The summed E-state index contributed by atoms with van der Waals surface area (Å²) < 4.78 is 62.9. The van der Waals surface area contributed by atoms with E-state index in [9.17, 15) is 17.6 Å². The maximum atomic E-state index is 14.6. The first-order valence-electron chi connectivity index (χ1n) is 12.7. The van der Waals surface area contributed by atoms with Crippen molar-refractivity contribution in [1.82, 2.24) is 15.1 Å². The van der Waals surface area contributed by atoms with E-state index >= 15 is 0 Å². The molecule has 0 bridgehead atoms. The lowest BCUT2D eigenvalue weighted by Crippen LogP contribution is -2.54. The molecule has 0 saturated carbocycles. The molecule has 5 aromatic rings. The number of fused-ring (bicyclic) bond motifs is 3. The van der Waals surface area contributed by atoms with Gasteiger partial charge in [-0.2, -0.15) is 5.10 Å². The summed E-state index contributed by atoms with van der Waals surface area (Å²) in [6.45, 7) is 2.97. The van der Waals surface area contributed by atoms with E-state index in [0.717, 1.165) is 59.3 Å². The number of aromatic nitrogens is 2. The number of nitrogens with one attached hydrogen (secondary N) is 2. The van der Waals surface area contributed by atoms with E-state index in [-0.39, 0.29) is 12.2 Å². The minimum Gasteiger partial charge on any atom is -0.455 e. The third-order valence-electron chi connectivity index (χ3n) is 6.94. The molecule has 0 unspecified atom stereocenters. The maximum Gasteiger partial charge on any atom is 0.271 e. The summed E-state index contributed by atoms with van der Waals surface area (Å²) in [5, 5.41) is 12.1. The average molecular weight is 555 g/mol. The van der Waals surface area contributed by atoms with Crippen LogP contribution in [0.1, 0.15) is 18.9 Å². The zero-order valence-corrected chi connectivity index (χ0v) is 21.9. The number of ether oxygens (including phenoxy) is 1. The fourth-order valence-electron chi connectivity index (χ4n) is 5.01. The van der Waals surface area contributed by atoms with Crippen LogP contribution in [0.4, 0.5) is 23.2 Å². The molecular formula is C29H26F4N4OS. The molecule has 202 valence electrons. The molecule has 0 atom stereocenters. The average Bonchev–Trinajstić information content (AvgIpc) is 3.50. The fraction of sp³-hybridized carbons (Fsp3) is 0.276. The number of thiophene rings is 1. The van der Waals surface area contributed by atoms with Crippen LogP contribution in [0, 0.1) is 5.82 Å². The highest BCUT2D eigenvalue weighted by Crippen LogP contribution is 2.50. The minimum atomic E-state index is -3.26. The van der Waals surface area contributed by atoms with Crippen molar-refractivity contribution in [2.45, 2.75) is 25.3 Å². The lowest BCUT2D eigenvalue weighted by atomic mass is 10.00. The van der Waals surface area contributed by atoms with E-state index in [1.165, 1.54) is 23.5 Å². The van der Waals surface area contributed by atoms with Crippen LogP contribution >= 0.6 is 11.3 Å². The summed E-state index contributed by atoms with van der Waals surface area (Å²) in [5.41, 5.74) is 1.57. The number of benzene rings is 3. The van der Waals surface area contributed by atoms with Gasteiger partial charge in [-0.3, -0.25) is 14.4 Å². The van der Waals surface area contributed by atoms with Crippen molar-refractivity contribution in [3.63, 3.8) is 0 Å². The zero-order chi connectivity index (χ0) is 27.1. The molecule has 2 N–H and O–H groups in total. The summed E-state index contributed by atoms with van der Waals surface area (Å²) >= 11 is 1.31. The number of halogens is 4. The topological polar surface area (TPSA) is 53.2 Å². The molecule has 1 aliphatic rings. The van der Waals surface area contributed by atoms with Gasteiger partial charge in [-0.15, -0.1) is 11.3 Å². The van der Waals surface area contributed by atoms with Crippen molar-refractivity contribution >= 4 is 38.0 Å². The summed E-state index contributed by atoms with van der Waals surface area (Å²) in [5.74, 6) is -3.01. The molecule has 5 nitrogen and oxygen atoms in total. The Hall–Kier alpha value is -3.63. The van der Waals surface area contributed by atoms with Gasteiger partial charge in [0, 0.05) is 58.8 Å². The van der Waals surface area contributed by atoms with Gasteiger partial charge < -0.3 is 10.1 Å². The summed E-state index contributed by atoms with van der Waals surface area (Å²) in [4.78, 5) is 2.69. The smallest absolute Gasteiger partial charge is 0.271 e. The molecule has 3 aromatic carbocycles. The predicted octanol–water partition coefficient (Wildman–Crippen LogP) is 7.94. The van der Waals surface area contributed by atoms with Crippen molar-refractivity contribution in [3.8, 4) is 21.9 Å².